The lowest BCUT2D eigenvalue weighted by Gasteiger charge is -2.17. The van der Waals surface area contributed by atoms with Gasteiger partial charge in [-0.2, -0.15) is 0 Å². The summed E-state index contributed by atoms with van der Waals surface area (Å²) < 4.78 is 7.73. The summed E-state index contributed by atoms with van der Waals surface area (Å²) >= 11 is 0. The Balaban J connectivity index is 2.12. The number of hydrogen-bond acceptors (Lipinski definition) is 3. The summed E-state index contributed by atoms with van der Waals surface area (Å²) in [6.45, 7) is 3.65. The highest BCUT2D eigenvalue weighted by Gasteiger charge is 2.22. The van der Waals surface area contributed by atoms with Crippen LogP contribution in [0.1, 0.15) is 17.1 Å². The fourth-order valence-corrected chi connectivity index (χ4v) is 2.44. The second-order valence-corrected chi connectivity index (χ2v) is 4.18. The molecule has 0 aliphatic carbocycles. The molecule has 16 heavy (non-hydrogen) atoms. The monoisotopic (exact) mass is 217 g/mol. The normalized spacial score (nSPS) is 13.6. The van der Waals surface area contributed by atoms with E-state index >= 15 is 0 Å². The number of imidazole rings is 1. The summed E-state index contributed by atoms with van der Waals surface area (Å²) in [6, 6.07) is 0. The van der Waals surface area contributed by atoms with Crippen molar-refractivity contribution in [2.24, 2.45) is 5.73 Å². The van der Waals surface area contributed by atoms with Gasteiger partial charge in [0.25, 0.3) is 0 Å². The van der Waals surface area contributed by atoms with Crippen LogP contribution < -0.4 is 5.73 Å². The van der Waals surface area contributed by atoms with Crippen LogP contribution in [-0.2, 0) is 19.4 Å². The van der Waals surface area contributed by atoms with Gasteiger partial charge in [0.2, 0.25) is 0 Å². The fraction of sp³-hybridized carbons (Fsp3) is 0.417. The van der Waals surface area contributed by atoms with Gasteiger partial charge in [-0.05, 0) is 19.9 Å². The molecule has 0 aromatic carbocycles. The lowest BCUT2D eigenvalue weighted by atomic mass is 10.0. The van der Waals surface area contributed by atoms with Crippen molar-refractivity contribution in [2.75, 3.05) is 6.54 Å². The summed E-state index contributed by atoms with van der Waals surface area (Å²) in [4.78, 5) is 4.44. The summed E-state index contributed by atoms with van der Waals surface area (Å²) in [5.41, 5.74) is 9.27. The highest BCUT2D eigenvalue weighted by molar-refractivity contribution is 5.65. The van der Waals surface area contributed by atoms with Crippen molar-refractivity contribution >= 4 is 0 Å². The van der Waals surface area contributed by atoms with Crippen molar-refractivity contribution in [1.29, 1.82) is 0 Å². The van der Waals surface area contributed by atoms with Gasteiger partial charge in [0, 0.05) is 24.1 Å². The Morgan fingerprint density at radius 3 is 3.25 bits per heavy atom. The van der Waals surface area contributed by atoms with Gasteiger partial charge >= 0.3 is 0 Å². The molecule has 4 nitrogen and oxygen atoms in total. The van der Waals surface area contributed by atoms with Crippen LogP contribution in [0.2, 0.25) is 0 Å². The molecule has 3 rings (SSSR count). The highest BCUT2D eigenvalue weighted by atomic mass is 16.3. The number of hydrogen-bond donors (Lipinski definition) is 1. The van der Waals surface area contributed by atoms with Gasteiger partial charge in [-0.1, -0.05) is 0 Å². The minimum Gasteiger partial charge on any atom is -0.469 e. The first kappa shape index (κ1) is 9.66. The fourth-order valence-electron chi connectivity index (χ4n) is 2.44. The molecule has 0 atom stereocenters. The molecule has 2 aromatic rings. The number of rotatable bonds is 2. The van der Waals surface area contributed by atoms with Crippen molar-refractivity contribution in [3.63, 3.8) is 0 Å². The maximum atomic E-state index is 5.58. The molecule has 0 fully saturated rings. The Kier molecular flexibility index (Phi) is 2.11. The molecular weight excluding hydrogens is 202 g/mol. The summed E-state index contributed by atoms with van der Waals surface area (Å²) in [7, 11) is 0. The predicted octanol–water partition coefficient (Wildman–Crippen LogP) is 1.51. The van der Waals surface area contributed by atoms with Crippen molar-refractivity contribution in [1.82, 2.24) is 9.55 Å². The van der Waals surface area contributed by atoms with E-state index in [1.54, 1.807) is 0 Å². The van der Waals surface area contributed by atoms with Gasteiger partial charge in [-0.3, -0.25) is 0 Å². The first-order valence-electron chi connectivity index (χ1n) is 5.63. The van der Waals surface area contributed by atoms with Gasteiger partial charge in [-0.15, -0.1) is 0 Å². The maximum Gasteiger partial charge on any atom is 0.110 e. The Bertz CT molecular complexity index is 524. The molecule has 1 aliphatic rings. The molecular formula is C12H15N3O. The average molecular weight is 217 g/mol. The van der Waals surface area contributed by atoms with E-state index in [0.29, 0.717) is 6.54 Å². The van der Waals surface area contributed by atoms with Crippen LogP contribution >= 0.6 is 0 Å². The van der Waals surface area contributed by atoms with E-state index in [1.165, 1.54) is 16.8 Å². The molecule has 0 saturated heterocycles. The van der Waals surface area contributed by atoms with E-state index in [-0.39, 0.29) is 0 Å². The van der Waals surface area contributed by atoms with Crippen molar-refractivity contribution in [3.8, 4) is 11.3 Å². The third-order valence-corrected chi connectivity index (χ3v) is 3.27. The molecule has 1 aliphatic heterocycles. The highest BCUT2D eigenvalue weighted by Crippen LogP contribution is 2.33. The number of fused-ring (bicyclic) bond motifs is 3. The van der Waals surface area contributed by atoms with E-state index in [1.807, 2.05) is 19.4 Å². The molecule has 2 N–H and O–H groups in total. The second-order valence-electron chi connectivity index (χ2n) is 4.18. The summed E-state index contributed by atoms with van der Waals surface area (Å²) in [5.74, 6) is 2.12. The van der Waals surface area contributed by atoms with E-state index in [4.69, 9.17) is 10.2 Å². The molecule has 0 saturated carbocycles. The van der Waals surface area contributed by atoms with Crippen LogP contribution in [0, 0.1) is 6.92 Å². The Labute approximate surface area is 94.1 Å². The first-order valence-corrected chi connectivity index (χ1v) is 5.63. The van der Waals surface area contributed by atoms with Crippen LogP contribution in [0.25, 0.3) is 11.3 Å². The standard InChI is InChI=1S/C12H15N3O/c1-8-9-3-5-15-11(10(9)7-16-8)6-14-12(15)2-4-13/h6-7H,2-5,13H2,1H3. The number of aryl methyl sites for hydroxylation is 1. The largest absolute Gasteiger partial charge is 0.469 e. The molecule has 0 spiro atoms. The quantitative estimate of drug-likeness (QED) is 0.829. The Morgan fingerprint density at radius 1 is 1.56 bits per heavy atom. The number of furan rings is 1. The molecule has 0 unspecified atom stereocenters. The molecule has 0 bridgehead atoms. The zero-order valence-electron chi connectivity index (χ0n) is 9.36. The summed E-state index contributed by atoms with van der Waals surface area (Å²) in [5, 5.41) is 0. The lowest BCUT2D eigenvalue weighted by molar-refractivity contribution is 0.529. The van der Waals surface area contributed by atoms with Gasteiger partial charge in [0.15, 0.2) is 0 Å². The van der Waals surface area contributed by atoms with E-state index in [9.17, 15) is 0 Å². The zero-order valence-corrected chi connectivity index (χ0v) is 9.36. The Hall–Kier alpha value is -1.55. The van der Waals surface area contributed by atoms with Crippen molar-refractivity contribution in [2.45, 2.75) is 26.3 Å². The number of nitrogens with two attached hydrogens (primary N) is 1. The first-order chi connectivity index (χ1) is 7.81. The van der Waals surface area contributed by atoms with E-state index in [0.717, 1.165) is 31.0 Å². The lowest BCUT2D eigenvalue weighted by Crippen LogP contribution is -2.15. The zero-order chi connectivity index (χ0) is 11.1. The van der Waals surface area contributed by atoms with Crippen LogP contribution in [0.15, 0.2) is 16.9 Å². The smallest absolute Gasteiger partial charge is 0.110 e. The predicted molar refractivity (Wildman–Crippen MR) is 61.1 cm³/mol. The SMILES string of the molecule is Cc1occ2c1CCn1c-2cnc1CCN. The van der Waals surface area contributed by atoms with E-state index < -0.39 is 0 Å². The van der Waals surface area contributed by atoms with Crippen LogP contribution in [0.5, 0.6) is 0 Å². The third-order valence-electron chi connectivity index (χ3n) is 3.27. The second kappa shape index (κ2) is 3.49. The number of nitrogens with zero attached hydrogens (tertiary/aromatic N) is 2. The maximum absolute atomic E-state index is 5.58. The Morgan fingerprint density at radius 2 is 2.44 bits per heavy atom. The molecule has 2 aromatic heterocycles. The summed E-state index contributed by atoms with van der Waals surface area (Å²) in [6.07, 6.45) is 5.63. The van der Waals surface area contributed by atoms with Crippen molar-refractivity contribution in [3.05, 3.63) is 29.6 Å². The van der Waals surface area contributed by atoms with Gasteiger partial charge in [0.05, 0.1) is 11.9 Å². The van der Waals surface area contributed by atoms with Crippen LogP contribution in [0.4, 0.5) is 0 Å². The molecule has 84 valence electrons. The van der Waals surface area contributed by atoms with Crippen LogP contribution in [-0.4, -0.2) is 16.1 Å². The molecule has 4 heteroatoms. The third kappa shape index (κ3) is 1.23. The minimum absolute atomic E-state index is 0.647. The minimum atomic E-state index is 0.647. The molecule has 3 heterocycles. The van der Waals surface area contributed by atoms with Gasteiger partial charge < -0.3 is 14.7 Å². The topological polar surface area (TPSA) is 57.0 Å². The molecule has 0 radical (unpaired) electrons. The van der Waals surface area contributed by atoms with E-state index in [2.05, 4.69) is 9.55 Å². The van der Waals surface area contributed by atoms with Crippen molar-refractivity contribution < 1.29 is 4.42 Å². The molecule has 0 amide bonds. The number of aromatic nitrogens is 2. The van der Waals surface area contributed by atoms with Crippen LogP contribution in [0.3, 0.4) is 0 Å². The van der Waals surface area contributed by atoms with Gasteiger partial charge in [0.1, 0.15) is 17.8 Å². The average Bonchev–Trinajstić information content (AvgIpc) is 2.84. The van der Waals surface area contributed by atoms with Gasteiger partial charge in [-0.25, -0.2) is 4.98 Å².